The zero-order valence-corrected chi connectivity index (χ0v) is 13.8. The van der Waals surface area contributed by atoms with Crippen molar-refractivity contribution in [3.05, 3.63) is 83.2 Å². The Hall–Kier alpha value is -1.90. The largest absolute Gasteiger partial charge is 0.409 e. The maximum Gasteiger partial charge on any atom is 0.241 e. The van der Waals surface area contributed by atoms with Crippen LogP contribution in [0.1, 0.15) is 24.0 Å². The van der Waals surface area contributed by atoms with Crippen LogP contribution in [0, 0.1) is 0 Å². The van der Waals surface area contributed by atoms with Crippen molar-refractivity contribution in [2.75, 3.05) is 6.61 Å². The molecule has 0 bridgehead atoms. The fourth-order valence-electron chi connectivity index (χ4n) is 2.76. The van der Waals surface area contributed by atoms with Gasteiger partial charge in [0.15, 0.2) is 0 Å². The predicted octanol–water partition coefficient (Wildman–Crippen LogP) is 5.25. The van der Waals surface area contributed by atoms with Gasteiger partial charge in [0, 0.05) is 6.61 Å². The molecule has 0 aromatic heterocycles. The first-order chi connectivity index (χ1) is 10.9. The molecule has 2 aromatic carbocycles. The van der Waals surface area contributed by atoms with E-state index in [2.05, 4.69) is 84.2 Å². The third-order valence-electron chi connectivity index (χ3n) is 4.05. The molecule has 3 rings (SSSR count). The molecular weight excluding hydrogens is 284 g/mol. The molecule has 0 unspecified atom stereocenters. The van der Waals surface area contributed by atoms with E-state index in [0.29, 0.717) is 0 Å². The van der Waals surface area contributed by atoms with E-state index in [1.807, 2.05) is 0 Å². The summed E-state index contributed by atoms with van der Waals surface area (Å²) in [5.41, 5.74) is 7.19. The molecule has 112 valence electrons. The highest BCUT2D eigenvalue weighted by Gasteiger charge is 2.31. The van der Waals surface area contributed by atoms with Gasteiger partial charge in [-0.1, -0.05) is 90.6 Å². The summed E-state index contributed by atoms with van der Waals surface area (Å²) >= 11 is 0. The van der Waals surface area contributed by atoms with Crippen molar-refractivity contribution in [3.8, 4) is 0 Å². The first-order valence-corrected chi connectivity index (χ1v) is 10.3. The maximum atomic E-state index is 6.27. The molecule has 0 atom stereocenters. The van der Waals surface area contributed by atoms with Gasteiger partial charge in [0.2, 0.25) is 8.32 Å². The molecule has 2 heteroatoms. The number of benzene rings is 2. The van der Waals surface area contributed by atoms with Crippen molar-refractivity contribution >= 4 is 20.5 Å². The highest BCUT2D eigenvalue weighted by molar-refractivity contribution is 6.84. The first kappa shape index (κ1) is 15.0. The summed E-state index contributed by atoms with van der Waals surface area (Å²) in [5.74, 6) is 0. The molecule has 1 heterocycles. The van der Waals surface area contributed by atoms with Gasteiger partial charge in [-0.2, -0.15) is 0 Å². The Bertz CT molecular complexity index is 574. The molecule has 0 radical (unpaired) electrons. The van der Waals surface area contributed by atoms with Gasteiger partial charge in [0.05, 0.1) is 0 Å². The molecule has 0 saturated carbocycles. The molecule has 1 saturated heterocycles. The van der Waals surface area contributed by atoms with Gasteiger partial charge >= 0.3 is 0 Å². The molecule has 0 aliphatic carbocycles. The fourth-order valence-corrected chi connectivity index (χ4v) is 5.82. The van der Waals surface area contributed by atoms with Crippen LogP contribution in [0.3, 0.4) is 0 Å². The van der Waals surface area contributed by atoms with E-state index in [4.69, 9.17) is 4.43 Å². The Kier molecular flexibility index (Phi) is 5.04. The number of hydrogen-bond donors (Lipinski definition) is 0. The average molecular weight is 306 g/mol. The third-order valence-corrected chi connectivity index (χ3v) is 7.39. The summed E-state index contributed by atoms with van der Waals surface area (Å²) in [4.78, 5) is 0. The molecule has 2 aromatic rings. The molecule has 1 aliphatic rings. The molecule has 1 nitrogen and oxygen atoms in total. The van der Waals surface area contributed by atoms with E-state index >= 15 is 0 Å². The number of rotatable bonds is 4. The van der Waals surface area contributed by atoms with Crippen LogP contribution >= 0.6 is 0 Å². The predicted molar refractivity (Wildman–Crippen MR) is 96.7 cm³/mol. The zero-order valence-electron chi connectivity index (χ0n) is 12.8. The van der Waals surface area contributed by atoms with Crippen molar-refractivity contribution in [1.29, 1.82) is 0 Å². The highest BCUT2D eigenvalue weighted by Crippen LogP contribution is 2.26. The summed E-state index contributed by atoms with van der Waals surface area (Å²) in [6.07, 6.45) is 6.91. The second-order valence-electron chi connectivity index (χ2n) is 5.75. The fraction of sp³-hybridized carbons (Fsp3) is 0.200. The van der Waals surface area contributed by atoms with E-state index in [-0.39, 0.29) is 0 Å². The standard InChI is InChI=1S/C20H22OSi/c1-3-9-19(10-4-1)13-17-22(16-8-7-15-21-22)18-14-20-11-5-2-6-12-20/h1-6,9-14,17-18H,7-8,15-16H2/b17-13+,18-14+. The van der Waals surface area contributed by atoms with Crippen LogP contribution in [0.4, 0.5) is 0 Å². The minimum absolute atomic E-state index is 0.893. The van der Waals surface area contributed by atoms with E-state index in [9.17, 15) is 0 Å². The zero-order chi connectivity index (χ0) is 15.1. The number of hydrogen-bond acceptors (Lipinski definition) is 1. The van der Waals surface area contributed by atoms with Crippen molar-refractivity contribution in [2.45, 2.75) is 18.9 Å². The van der Waals surface area contributed by atoms with Crippen LogP contribution in [0.15, 0.2) is 72.1 Å². The summed E-state index contributed by atoms with van der Waals surface area (Å²) in [6.45, 7) is 0.893. The van der Waals surface area contributed by atoms with Gasteiger partial charge in [-0.3, -0.25) is 0 Å². The Labute approximate surface area is 134 Å². The van der Waals surface area contributed by atoms with Crippen LogP contribution in [-0.2, 0) is 4.43 Å². The molecule has 0 N–H and O–H groups in total. The Morgan fingerprint density at radius 1 is 0.727 bits per heavy atom. The van der Waals surface area contributed by atoms with Crippen LogP contribution < -0.4 is 0 Å². The maximum absolute atomic E-state index is 6.27. The van der Waals surface area contributed by atoms with Gasteiger partial charge in [-0.25, -0.2) is 0 Å². The Morgan fingerprint density at radius 3 is 1.73 bits per heavy atom. The Balaban J connectivity index is 1.82. The van der Waals surface area contributed by atoms with Crippen molar-refractivity contribution in [1.82, 2.24) is 0 Å². The van der Waals surface area contributed by atoms with Gasteiger partial charge in [-0.15, -0.1) is 0 Å². The second kappa shape index (κ2) is 7.39. The first-order valence-electron chi connectivity index (χ1n) is 7.99. The summed E-state index contributed by atoms with van der Waals surface area (Å²) in [7, 11) is -1.91. The lowest BCUT2D eigenvalue weighted by atomic mass is 10.2. The summed E-state index contributed by atoms with van der Waals surface area (Å²) in [5, 5.41) is 0. The highest BCUT2D eigenvalue weighted by atomic mass is 28.4. The monoisotopic (exact) mass is 306 g/mol. The quantitative estimate of drug-likeness (QED) is 0.701. The smallest absolute Gasteiger partial charge is 0.241 e. The van der Waals surface area contributed by atoms with E-state index in [1.165, 1.54) is 30.0 Å². The van der Waals surface area contributed by atoms with E-state index in [1.54, 1.807) is 0 Å². The van der Waals surface area contributed by atoms with Gasteiger partial charge in [0.1, 0.15) is 0 Å². The Morgan fingerprint density at radius 2 is 1.27 bits per heavy atom. The second-order valence-corrected chi connectivity index (χ2v) is 9.11. The minimum Gasteiger partial charge on any atom is -0.409 e. The van der Waals surface area contributed by atoms with Crippen LogP contribution in [-0.4, -0.2) is 14.9 Å². The minimum atomic E-state index is -1.91. The van der Waals surface area contributed by atoms with Crippen LogP contribution in [0.5, 0.6) is 0 Å². The van der Waals surface area contributed by atoms with Crippen molar-refractivity contribution < 1.29 is 4.43 Å². The molecule has 1 fully saturated rings. The SMILES string of the molecule is C(=C\[Si]1(/C=C/c2ccccc2)CCCCO1)/c1ccccc1. The normalized spacial score (nSPS) is 18.0. The van der Waals surface area contributed by atoms with Crippen LogP contribution in [0.2, 0.25) is 6.04 Å². The summed E-state index contributed by atoms with van der Waals surface area (Å²) < 4.78 is 6.27. The van der Waals surface area contributed by atoms with E-state index < -0.39 is 8.32 Å². The average Bonchev–Trinajstić information content (AvgIpc) is 2.61. The van der Waals surface area contributed by atoms with Crippen molar-refractivity contribution in [2.24, 2.45) is 0 Å². The lowest BCUT2D eigenvalue weighted by Gasteiger charge is -2.29. The van der Waals surface area contributed by atoms with Gasteiger partial charge in [-0.05, 0) is 23.6 Å². The van der Waals surface area contributed by atoms with Gasteiger partial charge < -0.3 is 4.43 Å². The van der Waals surface area contributed by atoms with Crippen LogP contribution in [0.25, 0.3) is 12.2 Å². The lowest BCUT2D eigenvalue weighted by Crippen LogP contribution is -2.37. The third kappa shape index (κ3) is 4.06. The molecule has 1 aliphatic heterocycles. The topological polar surface area (TPSA) is 9.23 Å². The molecular formula is C20H22OSi. The van der Waals surface area contributed by atoms with Gasteiger partial charge in [0.25, 0.3) is 0 Å². The summed E-state index contributed by atoms with van der Waals surface area (Å²) in [6, 6.07) is 22.2. The molecule has 0 spiro atoms. The molecule has 22 heavy (non-hydrogen) atoms. The lowest BCUT2D eigenvalue weighted by molar-refractivity contribution is 0.282. The van der Waals surface area contributed by atoms with Crippen molar-refractivity contribution in [3.63, 3.8) is 0 Å². The molecule has 0 amide bonds. The van der Waals surface area contributed by atoms with E-state index in [0.717, 1.165) is 6.61 Å².